The van der Waals surface area contributed by atoms with Crippen LogP contribution >= 0.6 is 0 Å². The van der Waals surface area contributed by atoms with Gasteiger partial charge in [-0.15, -0.1) is 0 Å². The van der Waals surface area contributed by atoms with Gasteiger partial charge in [0.25, 0.3) is 5.91 Å². The van der Waals surface area contributed by atoms with Crippen molar-refractivity contribution in [3.05, 3.63) is 83.4 Å². The quantitative estimate of drug-likeness (QED) is 0.505. The number of hydrogen-bond donors (Lipinski definition) is 1. The Kier molecular flexibility index (Phi) is 4.40. The first-order valence-electron chi connectivity index (χ1n) is 8.71. The van der Waals surface area contributed by atoms with Gasteiger partial charge in [0.15, 0.2) is 0 Å². The van der Waals surface area contributed by atoms with Crippen LogP contribution in [0, 0.1) is 11.8 Å². The van der Waals surface area contributed by atoms with Crippen molar-refractivity contribution < 1.29 is 9.53 Å². The monoisotopic (exact) mass is 344 g/mol. The number of rotatable bonds is 5. The van der Waals surface area contributed by atoms with Crippen LogP contribution < -0.4 is 10.2 Å². The number of nitrogens with zero attached hydrogens (tertiary/aromatic N) is 1. The Morgan fingerprint density at radius 2 is 1.81 bits per heavy atom. The smallest absolute Gasteiger partial charge is 0.271 e. The molecule has 0 spiro atoms. The Morgan fingerprint density at radius 3 is 2.54 bits per heavy atom. The van der Waals surface area contributed by atoms with E-state index in [1.165, 1.54) is 16.7 Å². The molecule has 26 heavy (non-hydrogen) atoms. The molecule has 2 aromatic rings. The summed E-state index contributed by atoms with van der Waals surface area (Å²) >= 11 is 0. The predicted octanol–water partition coefficient (Wildman–Crippen LogP) is 4.07. The molecule has 0 heterocycles. The summed E-state index contributed by atoms with van der Waals surface area (Å²) in [4.78, 5) is 12.2. The van der Waals surface area contributed by atoms with Crippen LogP contribution in [0.3, 0.4) is 0 Å². The Labute approximate surface area is 152 Å². The Bertz CT molecular complexity index is 895. The van der Waals surface area contributed by atoms with E-state index >= 15 is 0 Å². The van der Waals surface area contributed by atoms with Crippen LogP contribution in [0.5, 0.6) is 5.75 Å². The highest BCUT2D eigenvalue weighted by Crippen LogP contribution is 2.47. The molecule has 2 aromatic carbocycles. The van der Waals surface area contributed by atoms with Crippen LogP contribution in [0.4, 0.5) is 0 Å². The molecule has 2 aliphatic rings. The molecule has 0 fully saturated rings. The summed E-state index contributed by atoms with van der Waals surface area (Å²) in [5, 5.41) is 4.22. The van der Waals surface area contributed by atoms with Crippen molar-refractivity contribution in [1.29, 1.82) is 0 Å². The van der Waals surface area contributed by atoms with Crippen molar-refractivity contribution in [2.75, 3.05) is 7.11 Å². The van der Waals surface area contributed by atoms with E-state index < -0.39 is 0 Å². The van der Waals surface area contributed by atoms with E-state index in [2.05, 4.69) is 46.9 Å². The number of hydrazone groups is 1. The van der Waals surface area contributed by atoms with Crippen molar-refractivity contribution in [2.24, 2.45) is 16.9 Å². The maximum atomic E-state index is 12.2. The largest absolute Gasteiger partial charge is 0.497 e. The number of nitrogens with one attached hydrogen (secondary N) is 1. The Hall–Kier alpha value is -3.14. The molecular weight excluding hydrogens is 324 g/mol. The average molecular weight is 344 g/mol. The number of ether oxygens (including phenoxy) is 1. The summed E-state index contributed by atoms with van der Waals surface area (Å²) in [5.41, 5.74) is 6.92. The molecule has 2 atom stereocenters. The molecule has 4 rings (SSSR count). The molecule has 4 heteroatoms. The summed E-state index contributed by atoms with van der Waals surface area (Å²) < 4.78 is 5.11. The molecule has 0 unspecified atom stereocenters. The van der Waals surface area contributed by atoms with Gasteiger partial charge in [-0.25, -0.2) is 5.43 Å². The third kappa shape index (κ3) is 3.06. The third-order valence-electron chi connectivity index (χ3n) is 4.97. The number of benzene rings is 2. The molecule has 2 aliphatic carbocycles. The van der Waals surface area contributed by atoms with Gasteiger partial charge in [0, 0.05) is 17.4 Å². The lowest BCUT2D eigenvalue weighted by Gasteiger charge is -2.13. The molecule has 0 saturated heterocycles. The highest BCUT2D eigenvalue weighted by molar-refractivity contribution is 5.98. The van der Waals surface area contributed by atoms with Crippen molar-refractivity contribution in [1.82, 2.24) is 5.43 Å². The van der Waals surface area contributed by atoms with E-state index in [1.807, 2.05) is 6.07 Å². The van der Waals surface area contributed by atoms with Gasteiger partial charge in [0.05, 0.1) is 13.3 Å². The average Bonchev–Trinajstić information content (AvgIpc) is 3.30. The Morgan fingerprint density at radius 1 is 1.08 bits per heavy atom. The van der Waals surface area contributed by atoms with Gasteiger partial charge < -0.3 is 4.74 Å². The van der Waals surface area contributed by atoms with Crippen LogP contribution in [0.2, 0.25) is 0 Å². The van der Waals surface area contributed by atoms with Crippen molar-refractivity contribution in [3.63, 3.8) is 0 Å². The number of allylic oxidation sites excluding steroid dienone is 4. The van der Waals surface area contributed by atoms with E-state index in [0.717, 1.165) is 12.2 Å². The molecule has 1 N–H and O–H groups in total. The van der Waals surface area contributed by atoms with Crippen LogP contribution in [0.25, 0.3) is 5.57 Å². The highest BCUT2D eigenvalue weighted by atomic mass is 16.5. The molecule has 4 nitrogen and oxygen atoms in total. The van der Waals surface area contributed by atoms with Crippen molar-refractivity contribution >= 4 is 17.7 Å². The molecular formula is C22H20N2O2. The number of methoxy groups -OCH3 is 1. The predicted molar refractivity (Wildman–Crippen MR) is 103 cm³/mol. The number of carbonyl (C=O) groups is 1. The van der Waals surface area contributed by atoms with E-state index in [4.69, 9.17) is 4.74 Å². The topological polar surface area (TPSA) is 50.7 Å². The minimum atomic E-state index is -0.232. The SMILES string of the molecule is COc1ccc(C(=O)N/N=C\C2=C(c3ccccc3)[C@H]3C=C[C@H]2C3)cc1. The van der Waals surface area contributed by atoms with Gasteiger partial charge in [-0.05, 0) is 47.4 Å². The van der Waals surface area contributed by atoms with Gasteiger partial charge in [0.2, 0.25) is 0 Å². The summed E-state index contributed by atoms with van der Waals surface area (Å²) in [6, 6.07) is 17.4. The summed E-state index contributed by atoms with van der Waals surface area (Å²) in [5.74, 6) is 1.32. The Balaban J connectivity index is 1.51. The van der Waals surface area contributed by atoms with E-state index in [-0.39, 0.29) is 5.91 Å². The van der Waals surface area contributed by atoms with Gasteiger partial charge in [-0.3, -0.25) is 4.79 Å². The fourth-order valence-corrected chi connectivity index (χ4v) is 3.69. The fourth-order valence-electron chi connectivity index (χ4n) is 3.69. The second kappa shape index (κ2) is 7.00. The number of carbonyl (C=O) groups excluding carboxylic acids is 1. The summed E-state index contributed by atoms with van der Waals surface area (Å²) in [6.45, 7) is 0. The van der Waals surface area contributed by atoms with Gasteiger partial charge >= 0.3 is 0 Å². The first kappa shape index (κ1) is 16.3. The molecule has 0 aliphatic heterocycles. The highest BCUT2D eigenvalue weighted by Gasteiger charge is 2.34. The van der Waals surface area contributed by atoms with Crippen LogP contribution in [-0.4, -0.2) is 19.2 Å². The second-order valence-corrected chi connectivity index (χ2v) is 6.50. The first-order chi connectivity index (χ1) is 12.8. The summed E-state index contributed by atoms with van der Waals surface area (Å²) in [7, 11) is 1.60. The number of amides is 1. The lowest BCUT2D eigenvalue weighted by molar-refractivity contribution is 0.0955. The molecule has 2 bridgehead atoms. The van der Waals surface area contributed by atoms with Crippen molar-refractivity contribution in [2.45, 2.75) is 6.42 Å². The first-order valence-corrected chi connectivity index (χ1v) is 8.71. The molecule has 1 amide bonds. The van der Waals surface area contributed by atoms with Crippen LogP contribution in [0.1, 0.15) is 22.3 Å². The van der Waals surface area contributed by atoms with Gasteiger partial charge in [-0.1, -0.05) is 42.5 Å². The normalized spacial score (nSPS) is 20.8. The minimum absolute atomic E-state index is 0.232. The molecule has 130 valence electrons. The zero-order valence-corrected chi connectivity index (χ0v) is 14.6. The molecule has 0 aromatic heterocycles. The second-order valence-electron chi connectivity index (χ2n) is 6.50. The van der Waals surface area contributed by atoms with E-state index in [1.54, 1.807) is 37.6 Å². The van der Waals surface area contributed by atoms with Crippen LogP contribution in [-0.2, 0) is 0 Å². The molecule has 0 radical (unpaired) electrons. The van der Waals surface area contributed by atoms with E-state index in [9.17, 15) is 4.79 Å². The zero-order chi connectivity index (χ0) is 17.9. The summed E-state index contributed by atoms with van der Waals surface area (Å²) in [6.07, 6.45) is 7.42. The maximum absolute atomic E-state index is 12.2. The lowest BCUT2D eigenvalue weighted by Crippen LogP contribution is -2.18. The van der Waals surface area contributed by atoms with Crippen LogP contribution in [0.15, 0.2) is 77.4 Å². The maximum Gasteiger partial charge on any atom is 0.271 e. The number of fused-ring (bicyclic) bond motifs is 2. The van der Waals surface area contributed by atoms with E-state index in [0.29, 0.717) is 17.4 Å². The van der Waals surface area contributed by atoms with Crippen molar-refractivity contribution in [3.8, 4) is 5.75 Å². The zero-order valence-electron chi connectivity index (χ0n) is 14.6. The molecule has 0 saturated carbocycles. The standard InChI is InChI=1S/C22H20N2O2/c1-26-19-11-9-16(10-12-19)22(25)24-23-14-20-17-7-8-18(13-17)21(20)15-5-3-2-4-6-15/h2-12,14,17-18H,13H2,1H3,(H,24,25)/b23-14-/t17-,18-/m0/s1. The fraction of sp³-hybridized carbons (Fsp3) is 0.182. The number of hydrogen-bond acceptors (Lipinski definition) is 3. The minimum Gasteiger partial charge on any atom is -0.497 e. The van der Waals surface area contributed by atoms with Gasteiger partial charge in [-0.2, -0.15) is 5.10 Å². The third-order valence-corrected chi connectivity index (χ3v) is 4.97. The van der Waals surface area contributed by atoms with Gasteiger partial charge in [0.1, 0.15) is 5.75 Å². The lowest BCUT2D eigenvalue weighted by atomic mass is 9.92.